The van der Waals surface area contributed by atoms with Gasteiger partial charge in [-0.25, -0.2) is 0 Å². The van der Waals surface area contributed by atoms with Crippen molar-refractivity contribution in [3.8, 4) is 0 Å². The number of hydrogen-bond acceptors (Lipinski definition) is 0. The van der Waals surface area contributed by atoms with E-state index in [-0.39, 0.29) is 122 Å². The molecule has 0 unspecified atom stereocenters. The third kappa shape index (κ3) is 18.0. The minimum atomic E-state index is 0. The molecule has 0 spiro atoms. The summed E-state index contributed by atoms with van der Waals surface area (Å²) in [6, 6.07) is 0. The molecule has 0 bridgehead atoms. The van der Waals surface area contributed by atoms with Crippen molar-refractivity contribution in [1.82, 2.24) is 0 Å². The second-order valence-electron chi connectivity index (χ2n) is 0. The van der Waals surface area contributed by atoms with Crippen molar-refractivity contribution in [1.29, 1.82) is 0 Å². The van der Waals surface area contributed by atoms with E-state index in [9.17, 15) is 0 Å². The van der Waals surface area contributed by atoms with Gasteiger partial charge in [-0.2, -0.15) is 0 Å². The molecule has 41 valence electrons. The Bertz CT molecular complexity index is 4.85. The average molecular weight is 1010 g/mol. The van der Waals surface area contributed by atoms with Crippen LogP contribution >= 0.6 is 0 Å². The topological polar surface area (TPSA) is 0 Å². The van der Waals surface area contributed by atoms with E-state index in [0.717, 1.165) is 0 Å². The predicted octanol–water partition coefficient (Wildman–Crippen LogP) is -0.769. The van der Waals surface area contributed by atoms with E-state index in [1.54, 1.807) is 0 Å². The normalized spacial score (nSPS) is 0. The Kier molecular flexibility index (Phi) is 174. The third-order valence-corrected chi connectivity index (χ3v) is 0. The molecule has 0 N–H and O–H groups in total. The van der Waals surface area contributed by atoms with Gasteiger partial charge in [0.05, 0.1) is 0 Å². The van der Waals surface area contributed by atoms with Gasteiger partial charge in [0, 0.05) is 122 Å². The van der Waals surface area contributed by atoms with Gasteiger partial charge in [-0.15, -0.1) is 0 Å². The van der Waals surface area contributed by atoms with Crippen LogP contribution in [-0.4, -0.2) is 54.6 Å². The first-order valence-electron chi connectivity index (χ1n) is 0. The van der Waals surface area contributed by atoms with E-state index in [1.807, 2.05) is 0 Å². The van der Waals surface area contributed by atoms with E-state index < -0.39 is 0 Å². The van der Waals surface area contributed by atoms with Crippen molar-refractivity contribution >= 4 is 54.6 Å². The molecule has 0 aromatic rings. The Hall–Kier alpha value is 4.06. The molecule has 0 saturated carbocycles. The average Bonchev–Trinajstić information content (AvgIpc) is 0. The van der Waals surface area contributed by atoms with Crippen LogP contribution in [-0.2, 0) is 67.1 Å². The summed E-state index contributed by atoms with van der Waals surface area (Å²) in [5, 5.41) is 0. The standard InChI is InChI=1S/3Au.2Pb. The molecule has 0 amide bonds. The zero-order chi connectivity index (χ0) is 0. The van der Waals surface area contributed by atoms with E-state index in [0.29, 0.717) is 0 Å². The molecule has 0 aromatic carbocycles. The maximum atomic E-state index is 0. The molecule has 0 aromatic heterocycles. The van der Waals surface area contributed by atoms with Gasteiger partial charge in [-0.1, -0.05) is 0 Å². The van der Waals surface area contributed by atoms with Gasteiger partial charge in [0.15, 0.2) is 0 Å². The van der Waals surface area contributed by atoms with Gasteiger partial charge >= 0.3 is 0 Å². The second kappa shape index (κ2) is 24.4. The summed E-state index contributed by atoms with van der Waals surface area (Å²) < 4.78 is 0. The summed E-state index contributed by atoms with van der Waals surface area (Å²) in [4.78, 5) is 0. The summed E-state index contributed by atoms with van der Waals surface area (Å²) in [6.07, 6.45) is 0. The van der Waals surface area contributed by atoms with E-state index in [1.165, 1.54) is 0 Å². The van der Waals surface area contributed by atoms with Gasteiger partial charge in [0.25, 0.3) is 0 Å². The summed E-state index contributed by atoms with van der Waals surface area (Å²) >= 11 is 0. The Morgan fingerprint density at radius 3 is 0.400 bits per heavy atom. The fraction of sp³-hybridized carbons (Fsp3) is 0. The molecule has 0 rings (SSSR count). The minimum absolute atomic E-state index is 0. The number of hydrogen-bond donors (Lipinski definition) is 0. The van der Waals surface area contributed by atoms with Crippen LogP contribution in [0.25, 0.3) is 0 Å². The van der Waals surface area contributed by atoms with Crippen molar-refractivity contribution in [3.05, 3.63) is 0 Å². The molecule has 11 radical (unpaired) electrons. The van der Waals surface area contributed by atoms with Gasteiger partial charge in [-0.3, -0.25) is 0 Å². The van der Waals surface area contributed by atoms with Gasteiger partial charge in [0.1, 0.15) is 0 Å². The monoisotopic (exact) mass is 1010 g/mol. The summed E-state index contributed by atoms with van der Waals surface area (Å²) in [5.41, 5.74) is 0. The SMILES string of the molecule is [Au].[Au].[Au].[Pb].[Pb]. The zero-order valence-electron chi connectivity index (χ0n) is 1.90. The van der Waals surface area contributed by atoms with Crippen LogP contribution in [0.5, 0.6) is 0 Å². The summed E-state index contributed by atoms with van der Waals surface area (Å²) in [5.74, 6) is 0. The van der Waals surface area contributed by atoms with Crippen LogP contribution in [0.4, 0.5) is 0 Å². The molecule has 0 saturated heterocycles. The van der Waals surface area contributed by atoms with Crippen LogP contribution in [0.2, 0.25) is 0 Å². The van der Waals surface area contributed by atoms with Crippen molar-refractivity contribution in [2.75, 3.05) is 0 Å². The molecule has 0 aliphatic carbocycles. The van der Waals surface area contributed by atoms with Crippen molar-refractivity contribution in [3.63, 3.8) is 0 Å². The second-order valence-corrected chi connectivity index (χ2v) is 0. The Labute approximate surface area is 119 Å². The van der Waals surface area contributed by atoms with Crippen molar-refractivity contribution in [2.24, 2.45) is 0 Å². The largest absolute Gasteiger partial charge is 0 e. The van der Waals surface area contributed by atoms with E-state index in [2.05, 4.69) is 0 Å². The van der Waals surface area contributed by atoms with Crippen LogP contribution in [0.3, 0.4) is 0 Å². The third-order valence-electron chi connectivity index (χ3n) is 0. The van der Waals surface area contributed by atoms with Crippen molar-refractivity contribution < 1.29 is 67.1 Å². The fourth-order valence-electron chi connectivity index (χ4n) is 0. The predicted molar refractivity (Wildman–Crippen MR) is 11.5 cm³/mol. The zero-order valence-corrected chi connectivity index (χ0v) is 16.2. The fourth-order valence-corrected chi connectivity index (χ4v) is 0. The van der Waals surface area contributed by atoms with Crippen LogP contribution in [0.15, 0.2) is 0 Å². The maximum absolute atomic E-state index is 0. The molecule has 0 aliphatic heterocycles. The Balaban J connectivity index is 0. The maximum Gasteiger partial charge on any atom is 0 e. The van der Waals surface area contributed by atoms with E-state index in [4.69, 9.17) is 0 Å². The molecule has 0 atom stereocenters. The van der Waals surface area contributed by atoms with E-state index >= 15 is 0 Å². The van der Waals surface area contributed by atoms with Gasteiger partial charge in [-0.05, 0) is 0 Å². The number of rotatable bonds is 0. The summed E-state index contributed by atoms with van der Waals surface area (Å²) in [6.45, 7) is 0. The van der Waals surface area contributed by atoms with Gasteiger partial charge < -0.3 is 0 Å². The van der Waals surface area contributed by atoms with Crippen LogP contribution < -0.4 is 0 Å². The van der Waals surface area contributed by atoms with Crippen molar-refractivity contribution in [2.45, 2.75) is 0 Å². The van der Waals surface area contributed by atoms with Crippen LogP contribution in [0, 0.1) is 0 Å². The molecular formula is Au3Pb2. The molecular weight excluding hydrogens is 1010 g/mol. The smallest absolute Gasteiger partial charge is 0 e. The molecule has 5 heavy (non-hydrogen) atoms. The first-order chi connectivity index (χ1) is 0. The summed E-state index contributed by atoms with van der Waals surface area (Å²) in [7, 11) is 0. The molecule has 0 aliphatic rings. The Morgan fingerprint density at radius 2 is 0.400 bits per heavy atom. The first-order valence-corrected chi connectivity index (χ1v) is 0. The quantitative estimate of drug-likeness (QED) is 0.281. The molecule has 0 nitrogen and oxygen atoms in total. The first kappa shape index (κ1) is 35.7. The minimum Gasteiger partial charge on any atom is 0 e. The molecule has 0 heterocycles. The van der Waals surface area contributed by atoms with Crippen LogP contribution in [0.1, 0.15) is 0 Å². The molecule has 0 fully saturated rings. The van der Waals surface area contributed by atoms with Gasteiger partial charge in [0.2, 0.25) is 0 Å². The Morgan fingerprint density at radius 1 is 0.400 bits per heavy atom. The molecule has 5 heteroatoms.